The van der Waals surface area contributed by atoms with E-state index in [4.69, 9.17) is 21.1 Å². The highest BCUT2D eigenvalue weighted by molar-refractivity contribution is 6.31. The van der Waals surface area contributed by atoms with Crippen LogP contribution in [0.4, 0.5) is 0 Å². The monoisotopic (exact) mass is 402 g/mol. The van der Waals surface area contributed by atoms with Crippen molar-refractivity contribution in [2.75, 3.05) is 26.2 Å². The lowest BCUT2D eigenvalue weighted by molar-refractivity contribution is 0.256. The normalized spacial score (nSPS) is 17.0. The summed E-state index contributed by atoms with van der Waals surface area (Å²) in [6.45, 7) is 9.35. The highest BCUT2D eigenvalue weighted by Gasteiger charge is 2.22. The molecule has 1 atom stereocenters. The molecule has 1 fully saturated rings. The minimum Gasteiger partial charge on any atom is -0.490 e. The molecule has 0 radical (unpaired) electrons. The summed E-state index contributed by atoms with van der Waals surface area (Å²) >= 11 is 6.29. The number of nitrogens with one attached hydrogen (secondary N) is 1. The van der Waals surface area contributed by atoms with Gasteiger partial charge in [0.15, 0.2) is 11.5 Å². The first-order valence-corrected chi connectivity index (χ1v) is 10.7. The molecule has 152 valence electrons. The Kier molecular flexibility index (Phi) is 8.01. The molecular formula is C23H31ClN2O2. The number of nitrogens with zero attached hydrogens (tertiary/aromatic N) is 1. The molecule has 0 aromatic heterocycles. The van der Waals surface area contributed by atoms with E-state index in [1.807, 2.05) is 43.3 Å². The van der Waals surface area contributed by atoms with Gasteiger partial charge in [-0.25, -0.2) is 0 Å². The molecule has 3 rings (SSSR count). The van der Waals surface area contributed by atoms with E-state index in [-0.39, 0.29) is 0 Å². The number of hydrogen-bond acceptors (Lipinski definition) is 4. The number of likely N-dealkylation sites (tertiary alicyclic amines) is 1. The summed E-state index contributed by atoms with van der Waals surface area (Å²) in [4.78, 5) is 2.55. The molecule has 1 aliphatic heterocycles. The molecule has 4 nitrogen and oxygen atoms in total. The van der Waals surface area contributed by atoms with Crippen LogP contribution in [0.2, 0.25) is 5.02 Å². The van der Waals surface area contributed by atoms with Gasteiger partial charge in [0.1, 0.15) is 6.61 Å². The van der Waals surface area contributed by atoms with Crippen LogP contribution in [-0.4, -0.2) is 37.2 Å². The second-order valence-corrected chi connectivity index (χ2v) is 7.52. The van der Waals surface area contributed by atoms with Gasteiger partial charge in [-0.05, 0) is 45.0 Å². The van der Waals surface area contributed by atoms with Gasteiger partial charge in [-0.1, -0.05) is 48.9 Å². The number of hydrogen-bond donors (Lipinski definition) is 1. The van der Waals surface area contributed by atoms with E-state index < -0.39 is 0 Å². The Morgan fingerprint density at radius 1 is 1.07 bits per heavy atom. The average Bonchev–Trinajstić information content (AvgIpc) is 3.16. The zero-order valence-electron chi connectivity index (χ0n) is 16.9. The van der Waals surface area contributed by atoms with Crippen LogP contribution in [0.3, 0.4) is 0 Å². The van der Waals surface area contributed by atoms with E-state index in [1.54, 1.807) is 0 Å². The number of benzene rings is 2. The summed E-state index contributed by atoms with van der Waals surface area (Å²) < 4.78 is 12.0. The molecule has 1 heterocycles. The van der Waals surface area contributed by atoms with Crippen LogP contribution in [0.25, 0.3) is 0 Å². The van der Waals surface area contributed by atoms with Crippen molar-refractivity contribution in [2.45, 2.75) is 45.9 Å². The van der Waals surface area contributed by atoms with Gasteiger partial charge >= 0.3 is 0 Å². The van der Waals surface area contributed by atoms with E-state index in [9.17, 15) is 0 Å². The third kappa shape index (κ3) is 5.40. The predicted molar refractivity (Wildman–Crippen MR) is 115 cm³/mol. The fourth-order valence-corrected chi connectivity index (χ4v) is 4.01. The standard InChI is InChI=1S/C23H31ClN2O2/c1-3-26-14-8-11-20(26)16-25-15-18-10-7-13-22(27-4-2)23(18)28-17-19-9-5-6-12-21(19)24/h5-7,9-10,12-13,20,25H,3-4,8,11,14-17H2,1-2H3. The lowest BCUT2D eigenvalue weighted by Crippen LogP contribution is -2.37. The Balaban J connectivity index is 1.67. The van der Waals surface area contributed by atoms with Crippen LogP contribution in [-0.2, 0) is 13.2 Å². The molecule has 28 heavy (non-hydrogen) atoms. The molecule has 5 heteroatoms. The second kappa shape index (κ2) is 10.7. The first-order valence-electron chi connectivity index (χ1n) is 10.3. The molecule has 1 aliphatic rings. The molecule has 0 amide bonds. The molecule has 2 aromatic carbocycles. The van der Waals surface area contributed by atoms with Gasteiger partial charge in [-0.3, -0.25) is 4.90 Å². The largest absolute Gasteiger partial charge is 0.490 e. The molecule has 1 saturated heterocycles. The van der Waals surface area contributed by atoms with Gasteiger partial charge in [0.2, 0.25) is 0 Å². The smallest absolute Gasteiger partial charge is 0.166 e. The Morgan fingerprint density at radius 2 is 1.89 bits per heavy atom. The molecule has 1 unspecified atom stereocenters. The quantitative estimate of drug-likeness (QED) is 0.613. The van der Waals surface area contributed by atoms with Crippen LogP contribution >= 0.6 is 11.6 Å². The van der Waals surface area contributed by atoms with Gasteiger partial charge < -0.3 is 14.8 Å². The maximum Gasteiger partial charge on any atom is 0.166 e. The van der Waals surface area contributed by atoms with E-state index in [0.717, 1.165) is 47.3 Å². The SMILES string of the molecule is CCOc1cccc(CNCC2CCCN2CC)c1OCc1ccccc1Cl. The number of halogens is 1. The molecule has 0 saturated carbocycles. The van der Waals surface area contributed by atoms with Crippen molar-refractivity contribution < 1.29 is 9.47 Å². The minimum absolute atomic E-state index is 0.420. The van der Waals surface area contributed by atoms with E-state index in [1.165, 1.54) is 19.4 Å². The Labute approximate surface area is 173 Å². The Morgan fingerprint density at radius 3 is 2.68 bits per heavy atom. The topological polar surface area (TPSA) is 33.7 Å². The highest BCUT2D eigenvalue weighted by atomic mass is 35.5. The number of para-hydroxylation sites is 1. The number of likely N-dealkylation sites (N-methyl/N-ethyl adjacent to an activating group) is 1. The summed E-state index contributed by atoms with van der Waals surface area (Å²) in [6, 6.07) is 14.5. The fraction of sp³-hybridized carbons (Fsp3) is 0.478. The molecule has 1 N–H and O–H groups in total. The molecule has 0 bridgehead atoms. The molecule has 0 spiro atoms. The molecular weight excluding hydrogens is 372 g/mol. The molecule has 0 aliphatic carbocycles. The lowest BCUT2D eigenvalue weighted by atomic mass is 10.1. The zero-order valence-corrected chi connectivity index (χ0v) is 17.7. The summed E-state index contributed by atoms with van der Waals surface area (Å²) in [6.07, 6.45) is 2.57. The zero-order chi connectivity index (χ0) is 19.8. The molecule has 2 aromatic rings. The highest BCUT2D eigenvalue weighted by Crippen LogP contribution is 2.33. The Hall–Kier alpha value is -1.75. The Bertz CT molecular complexity index is 753. The third-order valence-corrected chi connectivity index (χ3v) is 5.66. The summed E-state index contributed by atoms with van der Waals surface area (Å²) in [5, 5.41) is 4.34. The van der Waals surface area contributed by atoms with Gasteiger partial charge in [-0.2, -0.15) is 0 Å². The van der Waals surface area contributed by atoms with Crippen molar-refractivity contribution in [1.82, 2.24) is 10.2 Å². The number of ether oxygens (including phenoxy) is 2. The fourth-order valence-electron chi connectivity index (χ4n) is 3.81. The third-order valence-electron chi connectivity index (χ3n) is 5.29. The van der Waals surface area contributed by atoms with Crippen molar-refractivity contribution >= 4 is 11.6 Å². The van der Waals surface area contributed by atoms with Crippen molar-refractivity contribution in [3.63, 3.8) is 0 Å². The van der Waals surface area contributed by atoms with Gasteiger partial charge in [0, 0.05) is 35.3 Å². The van der Waals surface area contributed by atoms with Gasteiger partial charge in [0.25, 0.3) is 0 Å². The van der Waals surface area contributed by atoms with Gasteiger partial charge in [0.05, 0.1) is 6.61 Å². The van der Waals surface area contributed by atoms with Gasteiger partial charge in [-0.15, -0.1) is 0 Å². The van der Waals surface area contributed by atoms with Crippen molar-refractivity contribution in [1.29, 1.82) is 0 Å². The first kappa shape index (κ1) is 21.0. The van der Waals surface area contributed by atoms with E-state index in [2.05, 4.69) is 23.2 Å². The summed E-state index contributed by atoms with van der Waals surface area (Å²) in [7, 11) is 0. The lowest BCUT2D eigenvalue weighted by Gasteiger charge is -2.23. The van der Waals surface area contributed by atoms with Crippen LogP contribution < -0.4 is 14.8 Å². The van der Waals surface area contributed by atoms with E-state index >= 15 is 0 Å². The van der Waals surface area contributed by atoms with Crippen LogP contribution in [0.1, 0.15) is 37.8 Å². The van der Waals surface area contributed by atoms with Crippen molar-refractivity contribution in [2.24, 2.45) is 0 Å². The summed E-state index contributed by atoms with van der Waals surface area (Å²) in [5.41, 5.74) is 2.08. The van der Waals surface area contributed by atoms with Crippen LogP contribution in [0.5, 0.6) is 11.5 Å². The maximum atomic E-state index is 6.29. The maximum absolute atomic E-state index is 6.29. The predicted octanol–water partition coefficient (Wildman–Crippen LogP) is 4.89. The van der Waals surface area contributed by atoms with Crippen LogP contribution in [0, 0.1) is 0 Å². The first-order chi connectivity index (χ1) is 13.7. The van der Waals surface area contributed by atoms with Crippen LogP contribution in [0.15, 0.2) is 42.5 Å². The summed E-state index contributed by atoms with van der Waals surface area (Å²) in [5.74, 6) is 1.58. The minimum atomic E-state index is 0.420. The van der Waals surface area contributed by atoms with Crippen molar-refractivity contribution in [3.8, 4) is 11.5 Å². The number of rotatable bonds is 10. The average molecular weight is 403 g/mol. The van der Waals surface area contributed by atoms with Crippen molar-refractivity contribution in [3.05, 3.63) is 58.6 Å². The second-order valence-electron chi connectivity index (χ2n) is 7.11. The van der Waals surface area contributed by atoms with E-state index in [0.29, 0.717) is 19.3 Å².